The Morgan fingerprint density at radius 1 is 1.15 bits per heavy atom. The highest BCUT2D eigenvalue weighted by Crippen LogP contribution is 2.43. The van der Waals surface area contributed by atoms with Crippen LogP contribution < -0.4 is 4.74 Å². The summed E-state index contributed by atoms with van der Waals surface area (Å²) >= 11 is 2.37. The molecule has 0 saturated carbocycles. The molecule has 2 N–H and O–H groups in total. The van der Waals surface area contributed by atoms with Gasteiger partial charge in [0.15, 0.2) is 0 Å². The van der Waals surface area contributed by atoms with Gasteiger partial charge in [-0.25, -0.2) is 0 Å². The van der Waals surface area contributed by atoms with Crippen LogP contribution in [0.5, 0.6) is 5.75 Å². The Morgan fingerprint density at radius 3 is 2.20 bits per heavy atom. The average Bonchev–Trinajstić information content (AvgIpc) is 2.40. The summed E-state index contributed by atoms with van der Waals surface area (Å²) in [7, 11) is 0. The monoisotopic (exact) mass is 316 g/mol. The molecule has 1 rings (SSSR count). The fourth-order valence-electron chi connectivity index (χ4n) is 1.48. The van der Waals surface area contributed by atoms with Gasteiger partial charge >= 0.3 is 11.9 Å². The minimum absolute atomic E-state index is 0.0856. The minimum Gasteiger partial charge on any atom is -0.494 e. The fourth-order valence-corrected chi connectivity index (χ4v) is 3.61. The number of carbonyl (C=O) groups is 2. The molecule has 0 radical (unpaired) electrons. The molecule has 20 heavy (non-hydrogen) atoms. The topological polar surface area (TPSA) is 83.8 Å². The van der Waals surface area contributed by atoms with Crippen LogP contribution in [-0.4, -0.2) is 40.3 Å². The average molecular weight is 316 g/mol. The molecule has 0 unspecified atom stereocenters. The van der Waals surface area contributed by atoms with Gasteiger partial charge in [-0.05, 0) is 13.0 Å². The van der Waals surface area contributed by atoms with Gasteiger partial charge in [-0.2, -0.15) is 0 Å². The van der Waals surface area contributed by atoms with Crippen molar-refractivity contribution < 1.29 is 24.5 Å². The molecule has 0 atom stereocenters. The fraction of sp³-hybridized carbons (Fsp3) is 0.385. The van der Waals surface area contributed by atoms with Crippen LogP contribution in [0.15, 0.2) is 24.3 Å². The van der Waals surface area contributed by atoms with Crippen molar-refractivity contribution >= 4 is 35.5 Å². The van der Waals surface area contributed by atoms with Gasteiger partial charge in [0.1, 0.15) is 5.75 Å². The molecular formula is C13H16O5S2. The van der Waals surface area contributed by atoms with E-state index in [1.807, 2.05) is 25.1 Å². The first-order chi connectivity index (χ1) is 9.54. The van der Waals surface area contributed by atoms with Gasteiger partial charge in [-0.3, -0.25) is 9.59 Å². The van der Waals surface area contributed by atoms with Crippen molar-refractivity contribution in [2.75, 3.05) is 18.1 Å². The van der Waals surface area contributed by atoms with E-state index in [1.165, 1.54) is 23.5 Å². The van der Waals surface area contributed by atoms with Crippen molar-refractivity contribution in [1.82, 2.24) is 0 Å². The first kappa shape index (κ1) is 16.7. The lowest BCUT2D eigenvalue weighted by atomic mass is 10.2. The van der Waals surface area contributed by atoms with Crippen molar-refractivity contribution in [2.45, 2.75) is 11.5 Å². The predicted octanol–water partition coefficient (Wildman–Crippen LogP) is 2.72. The van der Waals surface area contributed by atoms with E-state index >= 15 is 0 Å². The van der Waals surface area contributed by atoms with Crippen molar-refractivity contribution in [1.29, 1.82) is 0 Å². The van der Waals surface area contributed by atoms with Crippen LogP contribution in [0.4, 0.5) is 0 Å². The highest BCUT2D eigenvalue weighted by Gasteiger charge is 2.19. The third kappa shape index (κ3) is 5.75. The van der Waals surface area contributed by atoms with E-state index in [-0.39, 0.29) is 16.1 Å². The molecule has 0 bridgehead atoms. The van der Waals surface area contributed by atoms with Crippen molar-refractivity contribution in [3.63, 3.8) is 0 Å². The summed E-state index contributed by atoms with van der Waals surface area (Å²) in [4.78, 5) is 21.4. The minimum atomic E-state index is -0.926. The number of hydrogen-bond donors (Lipinski definition) is 2. The lowest BCUT2D eigenvalue weighted by molar-refractivity contribution is -0.134. The molecule has 0 aliphatic rings. The van der Waals surface area contributed by atoms with E-state index < -0.39 is 11.9 Å². The van der Waals surface area contributed by atoms with Gasteiger partial charge in [0.25, 0.3) is 0 Å². The quantitative estimate of drug-likeness (QED) is 0.678. The zero-order valence-electron chi connectivity index (χ0n) is 10.9. The largest absolute Gasteiger partial charge is 0.494 e. The second-order valence-electron chi connectivity index (χ2n) is 3.71. The number of hydrogen-bond acceptors (Lipinski definition) is 5. The Labute approximate surface area is 125 Å². The third-order valence-corrected chi connectivity index (χ3v) is 4.95. The Kier molecular flexibility index (Phi) is 7.32. The lowest BCUT2D eigenvalue weighted by Crippen LogP contribution is -2.06. The van der Waals surface area contributed by atoms with Gasteiger partial charge in [-0.15, -0.1) is 23.5 Å². The smallest absolute Gasteiger partial charge is 0.313 e. The highest BCUT2D eigenvalue weighted by molar-refractivity contribution is 8.16. The number of ether oxygens (including phenoxy) is 1. The van der Waals surface area contributed by atoms with Gasteiger partial charge < -0.3 is 14.9 Å². The van der Waals surface area contributed by atoms with Gasteiger partial charge in [-0.1, -0.05) is 18.2 Å². The Morgan fingerprint density at radius 2 is 1.70 bits per heavy atom. The van der Waals surface area contributed by atoms with Crippen LogP contribution in [0, 0.1) is 0 Å². The van der Waals surface area contributed by atoms with Crippen LogP contribution >= 0.6 is 23.5 Å². The molecule has 7 heteroatoms. The maximum atomic E-state index is 10.7. The van der Waals surface area contributed by atoms with Crippen molar-refractivity contribution in [3.8, 4) is 5.75 Å². The third-order valence-electron chi connectivity index (χ3n) is 2.19. The van der Waals surface area contributed by atoms with E-state index in [2.05, 4.69) is 0 Å². The van der Waals surface area contributed by atoms with E-state index in [9.17, 15) is 9.59 Å². The molecule has 5 nitrogen and oxygen atoms in total. The summed E-state index contributed by atoms with van der Waals surface area (Å²) in [6, 6.07) is 7.29. The Balaban J connectivity index is 2.89. The number of carboxylic acids is 2. The first-order valence-electron chi connectivity index (χ1n) is 5.93. The van der Waals surface area contributed by atoms with Gasteiger partial charge in [0.2, 0.25) is 0 Å². The number of aliphatic carboxylic acids is 2. The van der Waals surface area contributed by atoms with Gasteiger partial charge in [0, 0.05) is 5.56 Å². The first-order valence-corrected chi connectivity index (χ1v) is 8.02. The molecule has 1 aromatic carbocycles. The molecule has 0 spiro atoms. The van der Waals surface area contributed by atoms with Crippen LogP contribution in [0.1, 0.15) is 17.1 Å². The Bertz CT molecular complexity index is 446. The normalized spacial score (nSPS) is 10.5. The van der Waals surface area contributed by atoms with Crippen LogP contribution in [0.25, 0.3) is 0 Å². The van der Waals surface area contributed by atoms with E-state index in [0.29, 0.717) is 12.4 Å². The number of benzene rings is 1. The van der Waals surface area contributed by atoms with Crippen molar-refractivity contribution in [2.24, 2.45) is 0 Å². The summed E-state index contributed by atoms with van der Waals surface area (Å²) in [5.74, 6) is -1.36. The molecule has 1 aromatic rings. The summed E-state index contributed by atoms with van der Waals surface area (Å²) in [5, 5.41) is 17.6. The summed E-state index contributed by atoms with van der Waals surface area (Å²) in [6.07, 6.45) is 0. The SMILES string of the molecule is CCOc1ccccc1C(SCC(=O)O)SCC(=O)O. The highest BCUT2D eigenvalue weighted by atomic mass is 32.2. The lowest BCUT2D eigenvalue weighted by Gasteiger charge is -2.18. The number of thioether (sulfide) groups is 2. The zero-order valence-corrected chi connectivity index (χ0v) is 12.6. The van der Waals surface area contributed by atoms with Gasteiger partial charge in [0.05, 0.1) is 22.7 Å². The number of rotatable bonds is 9. The maximum Gasteiger partial charge on any atom is 0.313 e. The second-order valence-corrected chi connectivity index (χ2v) is 6.20. The maximum absolute atomic E-state index is 10.7. The summed E-state index contributed by atoms with van der Waals surface area (Å²) < 4.78 is 5.22. The van der Waals surface area contributed by atoms with E-state index in [4.69, 9.17) is 14.9 Å². The molecule has 0 fully saturated rings. The van der Waals surface area contributed by atoms with E-state index in [1.54, 1.807) is 6.07 Å². The van der Waals surface area contributed by atoms with Crippen LogP contribution in [0.3, 0.4) is 0 Å². The predicted molar refractivity (Wildman–Crippen MR) is 80.5 cm³/mol. The molecule has 0 aromatic heterocycles. The molecule has 0 heterocycles. The zero-order chi connectivity index (χ0) is 15.0. The molecular weight excluding hydrogens is 300 g/mol. The summed E-state index contributed by atoms with van der Waals surface area (Å²) in [5.41, 5.74) is 0.812. The summed E-state index contributed by atoms with van der Waals surface area (Å²) in [6.45, 7) is 2.36. The number of carboxylic acid groups (broad SMARTS) is 2. The second kappa shape index (κ2) is 8.76. The van der Waals surface area contributed by atoms with Crippen molar-refractivity contribution in [3.05, 3.63) is 29.8 Å². The molecule has 0 amide bonds. The molecule has 0 saturated heterocycles. The van der Waals surface area contributed by atoms with E-state index in [0.717, 1.165) is 5.56 Å². The number of para-hydroxylation sites is 1. The Hall–Kier alpha value is -1.34. The molecule has 110 valence electrons. The standard InChI is InChI=1S/C13H16O5S2/c1-2-18-10-6-4-3-5-9(10)13(19-7-11(14)15)20-8-12(16)17/h3-6,13H,2,7-8H2,1H3,(H,14,15)(H,16,17). The molecule has 0 aliphatic carbocycles. The van der Waals surface area contributed by atoms with Crippen LogP contribution in [-0.2, 0) is 9.59 Å². The van der Waals surface area contributed by atoms with Crippen LogP contribution in [0.2, 0.25) is 0 Å². The molecule has 0 aliphatic heterocycles.